The molecule has 1 aliphatic carbocycles. The molecule has 29 heavy (non-hydrogen) atoms. The molecule has 3 aliphatic heterocycles. The van der Waals surface area contributed by atoms with Crippen molar-refractivity contribution in [1.82, 2.24) is 4.57 Å². The number of hydrogen-bond acceptors (Lipinski definition) is 6. The Hall–Kier alpha value is -2.64. The van der Waals surface area contributed by atoms with Crippen LogP contribution in [0, 0.1) is 0 Å². The summed E-state index contributed by atoms with van der Waals surface area (Å²) in [6.45, 7) is 3.59. The zero-order valence-electron chi connectivity index (χ0n) is 16.1. The lowest BCUT2D eigenvalue weighted by molar-refractivity contribution is -0.143. The number of ketones is 1. The van der Waals surface area contributed by atoms with E-state index in [0.29, 0.717) is 10.9 Å². The monoisotopic (exact) mass is 395 g/mol. The number of nitrogens with zero attached hydrogens (tertiary/aromatic N) is 1. The van der Waals surface area contributed by atoms with Crippen molar-refractivity contribution in [2.24, 2.45) is 0 Å². The molecular formula is C22H21NO6. The fraction of sp³-hybridized carbons (Fsp3) is 0.455. The number of phenolic OH excluding ortho intramolecular Hbond substituents is 1. The molecule has 2 N–H and O–H groups in total. The van der Waals surface area contributed by atoms with E-state index in [-0.39, 0.29) is 35.5 Å². The highest BCUT2D eigenvalue weighted by atomic mass is 16.6. The van der Waals surface area contributed by atoms with Gasteiger partial charge in [0, 0.05) is 27.8 Å². The van der Waals surface area contributed by atoms with Crippen LogP contribution in [0.2, 0.25) is 0 Å². The van der Waals surface area contributed by atoms with E-state index in [1.54, 1.807) is 13.0 Å². The highest BCUT2D eigenvalue weighted by Gasteiger charge is 2.48. The van der Waals surface area contributed by atoms with Crippen LogP contribution in [0.25, 0.3) is 17.0 Å². The predicted molar refractivity (Wildman–Crippen MR) is 103 cm³/mol. The second-order valence-electron chi connectivity index (χ2n) is 8.48. The maximum atomic E-state index is 12.8. The van der Waals surface area contributed by atoms with Gasteiger partial charge < -0.3 is 24.3 Å². The van der Waals surface area contributed by atoms with Gasteiger partial charge in [-0.25, -0.2) is 0 Å². The minimum absolute atomic E-state index is 0.0881. The lowest BCUT2D eigenvalue weighted by Gasteiger charge is -2.34. The van der Waals surface area contributed by atoms with Crippen LogP contribution in [0.1, 0.15) is 77.7 Å². The van der Waals surface area contributed by atoms with Gasteiger partial charge in [-0.3, -0.25) is 9.59 Å². The zero-order chi connectivity index (χ0) is 20.2. The molecule has 1 fully saturated rings. The van der Waals surface area contributed by atoms with E-state index in [1.807, 2.05) is 6.92 Å². The number of aliphatic hydroxyl groups excluding tert-OH is 1. The Morgan fingerprint density at radius 3 is 2.79 bits per heavy atom. The Morgan fingerprint density at radius 1 is 1.24 bits per heavy atom. The number of fused-ring (bicyclic) bond motifs is 7. The summed E-state index contributed by atoms with van der Waals surface area (Å²) in [5.41, 5.74) is 4.26. The van der Waals surface area contributed by atoms with Gasteiger partial charge in [0.2, 0.25) is 0 Å². The number of hydrogen-bond donors (Lipinski definition) is 2. The van der Waals surface area contributed by atoms with Gasteiger partial charge in [-0.2, -0.15) is 0 Å². The van der Waals surface area contributed by atoms with Crippen LogP contribution >= 0.6 is 0 Å². The van der Waals surface area contributed by atoms with Crippen LogP contribution in [0.15, 0.2) is 6.08 Å². The molecule has 5 unspecified atom stereocenters. The molecule has 7 heteroatoms. The van der Waals surface area contributed by atoms with Crippen LogP contribution in [0.5, 0.6) is 5.75 Å². The Balaban J connectivity index is 1.80. The number of aromatic hydroxyl groups is 1. The summed E-state index contributed by atoms with van der Waals surface area (Å²) in [6, 6.07) is -0.141. The third-order valence-electron chi connectivity index (χ3n) is 6.88. The van der Waals surface area contributed by atoms with Crippen molar-refractivity contribution in [1.29, 1.82) is 0 Å². The molecule has 0 spiro atoms. The van der Waals surface area contributed by atoms with Gasteiger partial charge >= 0.3 is 5.97 Å². The predicted octanol–water partition coefficient (Wildman–Crippen LogP) is 2.87. The van der Waals surface area contributed by atoms with E-state index < -0.39 is 24.4 Å². The molecule has 0 amide bonds. The molecule has 7 nitrogen and oxygen atoms in total. The summed E-state index contributed by atoms with van der Waals surface area (Å²) in [4.78, 5) is 24.8. The number of carbonyl (C=O) groups is 2. The highest BCUT2D eigenvalue weighted by molar-refractivity contribution is 6.23. The number of carbonyl (C=O) groups excluding carboxylic acids is 2. The fourth-order valence-corrected chi connectivity index (χ4v) is 5.77. The first kappa shape index (κ1) is 17.2. The molecule has 4 heterocycles. The molecule has 6 rings (SSSR count). The van der Waals surface area contributed by atoms with Crippen molar-refractivity contribution in [2.75, 3.05) is 0 Å². The summed E-state index contributed by atoms with van der Waals surface area (Å²) in [5, 5.41) is 22.3. The standard InChI is InChI=1S/C22H21NO6/c1-8(24)11-4-5-12-10-3-6-13(25)18-17(10)20(23(11)12)19-16(21(18)27)9(2)28-14-7-15(26)29-22(14)19/h3,6,8-9,11,14,22,24,27H,4-5,7H2,1-2H3. The summed E-state index contributed by atoms with van der Waals surface area (Å²) in [6.07, 6.45) is 2.92. The molecule has 0 saturated carbocycles. The second-order valence-corrected chi connectivity index (χ2v) is 8.48. The van der Waals surface area contributed by atoms with Crippen LogP contribution in [0.4, 0.5) is 0 Å². The van der Waals surface area contributed by atoms with Crippen molar-refractivity contribution in [3.05, 3.63) is 34.0 Å². The molecule has 5 atom stereocenters. The van der Waals surface area contributed by atoms with E-state index in [1.165, 1.54) is 6.08 Å². The van der Waals surface area contributed by atoms with E-state index >= 15 is 0 Å². The number of aromatic nitrogens is 1. The minimum atomic E-state index is -0.628. The SMILES string of the molecule is CC1OC2CC(=O)OC2c2c1c(O)c1c3c(c4n(c23)C(C(C)O)CC4)C=CC1=O. The Morgan fingerprint density at radius 2 is 2.03 bits per heavy atom. The molecule has 1 saturated heterocycles. The third kappa shape index (κ3) is 1.99. The van der Waals surface area contributed by atoms with Gasteiger partial charge in [-0.15, -0.1) is 0 Å². The fourth-order valence-electron chi connectivity index (χ4n) is 5.77. The number of esters is 1. The Labute approximate surface area is 166 Å². The number of phenols is 1. The lowest BCUT2D eigenvalue weighted by atomic mass is 9.83. The summed E-state index contributed by atoms with van der Waals surface area (Å²) in [7, 11) is 0. The number of benzene rings is 1. The van der Waals surface area contributed by atoms with Gasteiger partial charge in [-0.1, -0.05) is 0 Å². The van der Waals surface area contributed by atoms with E-state index in [9.17, 15) is 19.8 Å². The largest absolute Gasteiger partial charge is 0.507 e. The second kappa shape index (κ2) is 5.49. The summed E-state index contributed by atoms with van der Waals surface area (Å²) >= 11 is 0. The smallest absolute Gasteiger partial charge is 0.309 e. The van der Waals surface area contributed by atoms with Crippen LogP contribution in [-0.4, -0.2) is 38.7 Å². The van der Waals surface area contributed by atoms with Crippen LogP contribution in [0.3, 0.4) is 0 Å². The molecule has 1 aromatic carbocycles. The highest BCUT2D eigenvalue weighted by Crippen LogP contribution is 2.55. The third-order valence-corrected chi connectivity index (χ3v) is 6.88. The van der Waals surface area contributed by atoms with Crippen molar-refractivity contribution >= 4 is 28.7 Å². The molecule has 0 radical (unpaired) electrons. The summed E-state index contributed by atoms with van der Waals surface area (Å²) in [5.74, 6) is -0.673. The van der Waals surface area contributed by atoms with Crippen molar-refractivity contribution in [3.63, 3.8) is 0 Å². The molecule has 1 aromatic heterocycles. The maximum absolute atomic E-state index is 12.8. The van der Waals surface area contributed by atoms with Crippen molar-refractivity contribution in [3.8, 4) is 5.75 Å². The normalized spacial score (nSPS) is 30.3. The minimum Gasteiger partial charge on any atom is -0.507 e. The van der Waals surface area contributed by atoms with Gasteiger partial charge in [0.25, 0.3) is 0 Å². The van der Waals surface area contributed by atoms with Gasteiger partial charge in [-0.05, 0) is 38.8 Å². The summed E-state index contributed by atoms with van der Waals surface area (Å²) < 4.78 is 13.7. The van der Waals surface area contributed by atoms with Gasteiger partial charge in [0.05, 0.1) is 35.8 Å². The van der Waals surface area contributed by atoms with Crippen molar-refractivity contribution < 1.29 is 29.3 Å². The van der Waals surface area contributed by atoms with Crippen LogP contribution in [-0.2, 0) is 20.7 Å². The quantitative estimate of drug-likeness (QED) is 0.721. The molecule has 4 aliphatic rings. The Kier molecular flexibility index (Phi) is 3.26. The first-order valence-electron chi connectivity index (χ1n) is 10.1. The molecule has 2 aromatic rings. The number of rotatable bonds is 1. The average molecular weight is 395 g/mol. The number of aliphatic hydroxyl groups is 1. The van der Waals surface area contributed by atoms with Crippen molar-refractivity contribution in [2.45, 2.75) is 63.6 Å². The van der Waals surface area contributed by atoms with E-state index in [2.05, 4.69) is 4.57 Å². The number of ether oxygens (including phenoxy) is 2. The topological polar surface area (TPSA) is 98.0 Å². The first-order chi connectivity index (χ1) is 13.9. The lowest BCUT2D eigenvalue weighted by Crippen LogP contribution is -2.28. The Bertz CT molecular complexity index is 1160. The molecule has 150 valence electrons. The molecular weight excluding hydrogens is 374 g/mol. The first-order valence-corrected chi connectivity index (χ1v) is 10.1. The average Bonchev–Trinajstić information content (AvgIpc) is 3.32. The van der Waals surface area contributed by atoms with E-state index in [0.717, 1.165) is 35.2 Å². The van der Waals surface area contributed by atoms with Gasteiger partial charge in [0.1, 0.15) is 11.9 Å². The van der Waals surface area contributed by atoms with E-state index in [4.69, 9.17) is 9.47 Å². The van der Waals surface area contributed by atoms with Crippen LogP contribution < -0.4 is 0 Å². The maximum Gasteiger partial charge on any atom is 0.309 e. The number of allylic oxidation sites excluding steroid dienone is 1. The molecule has 0 bridgehead atoms. The van der Waals surface area contributed by atoms with Gasteiger partial charge in [0.15, 0.2) is 11.9 Å². The zero-order valence-corrected chi connectivity index (χ0v) is 16.1.